The molecule has 0 aliphatic rings. The zero-order valence-electron chi connectivity index (χ0n) is 4.97. The van der Waals surface area contributed by atoms with Crippen molar-refractivity contribution in [3.63, 3.8) is 0 Å². The summed E-state index contributed by atoms with van der Waals surface area (Å²) in [7, 11) is -1.21. The van der Waals surface area contributed by atoms with Crippen molar-refractivity contribution in [3.05, 3.63) is 0 Å². The highest BCUT2D eigenvalue weighted by Gasteiger charge is 2.03. The van der Waals surface area contributed by atoms with E-state index in [2.05, 4.69) is 5.32 Å². The Morgan fingerprint density at radius 2 is 2.25 bits per heavy atom. The van der Waals surface area contributed by atoms with Gasteiger partial charge >= 0.3 is 7.80 Å². The minimum absolute atomic E-state index is 0.129. The fourth-order valence-corrected chi connectivity index (χ4v) is 0.668. The Hall–Kier alpha value is -0.430. The van der Waals surface area contributed by atoms with Gasteiger partial charge in [-0.25, -0.2) is 0 Å². The van der Waals surface area contributed by atoms with Gasteiger partial charge in [-0.2, -0.15) is 0 Å². The molecule has 0 spiro atoms. The largest absolute Gasteiger partial charge is 0.356 e. The Morgan fingerprint density at radius 3 is 2.38 bits per heavy atom. The molecule has 0 aromatic heterocycles. The molecule has 1 unspecified atom stereocenters. The Kier molecular flexibility index (Phi) is 3.37. The molecule has 0 heterocycles. The van der Waals surface area contributed by atoms with Gasteiger partial charge in [0.05, 0.1) is 0 Å². The van der Waals surface area contributed by atoms with Crippen molar-refractivity contribution in [2.24, 2.45) is 0 Å². The molecular formula is C4H9NO2P+. The predicted octanol–water partition coefficient (Wildman–Crippen LogP) is 0.537. The highest BCUT2D eigenvalue weighted by molar-refractivity contribution is 7.43. The lowest BCUT2D eigenvalue weighted by atomic mass is 10.7. The lowest BCUT2D eigenvalue weighted by Gasteiger charge is -1.86. The van der Waals surface area contributed by atoms with Gasteiger partial charge in [0.15, 0.2) is 0 Å². The van der Waals surface area contributed by atoms with Crippen molar-refractivity contribution < 1.29 is 9.36 Å². The van der Waals surface area contributed by atoms with Gasteiger partial charge in [0.1, 0.15) is 6.66 Å². The molecule has 0 radical (unpaired) electrons. The molecule has 0 fully saturated rings. The van der Waals surface area contributed by atoms with Crippen molar-refractivity contribution in [2.45, 2.75) is 6.92 Å². The summed E-state index contributed by atoms with van der Waals surface area (Å²) in [4.78, 5) is 10.1. The molecule has 0 rings (SSSR count). The molecule has 0 aliphatic heterocycles. The molecule has 3 nitrogen and oxygen atoms in total. The summed E-state index contributed by atoms with van der Waals surface area (Å²) in [6.45, 7) is 2.98. The topological polar surface area (TPSA) is 46.2 Å². The lowest BCUT2D eigenvalue weighted by Crippen LogP contribution is -2.18. The average Bonchev–Trinajstić information content (AvgIpc) is 1.61. The minimum Gasteiger partial charge on any atom is -0.315 e. The Labute approximate surface area is 49.3 Å². The molecule has 1 N–H and O–H groups in total. The predicted molar refractivity (Wildman–Crippen MR) is 32.2 cm³/mol. The summed E-state index contributed by atoms with van der Waals surface area (Å²) in [5.41, 5.74) is 0. The second-order valence-corrected chi connectivity index (χ2v) is 3.09. The number of carbonyl (C=O) groups is 1. The molecule has 0 saturated carbocycles. The number of hydrogen-bond acceptors (Lipinski definition) is 2. The van der Waals surface area contributed by atoms with E-state index in [4.69, 9.17) is 0 Å². The number of carbonyl (C=O) groups excluding carboxylic acids is 1. The van der Waals surface area contributed by atoms with Gasteiger partial charge in [0.2, 0.25) is 12.2 Å². The summed E-state index contributed by atoms with van der Waals surface area (Å²) in [5, 5.41) is 2.42. The molecule has 4 heteroatoms. The van der Waals surface area contributed by atoms with Gasteiger partial charge in [0, 0.05) is 6.92 Å². The van der Waals surface area contributed by atoms with E-state index in [1.54, 1.807) is 6.66 Å². The fourth-order valence-electron chi connectivity index (χ4n) is 0.223. The molecule has 0 aromatic rings. The van der Waals surface area contributed by atoms with Crippen molar-refractivity contribution in [3.8, 4) is 0 Å². The van der Waals surface area contributed by atoms with Crippen molar-refractivity contribution in [1.29, 1.82) is 0 Å². The third kappa shape index (κ3) is 5.57. The molecule has 1 atom stereocenters. The Morgan fingerprint density at radius 1 is 1.75 bits per heavy atom. The zero-order valence-corrected chi connectivity index (χ0v) is 5.87. The maximum absolute atomic E-state index is 10.3. The minimum atomic E-state index is -1.21. The van der Waals surface area contributed by atoms with Gasteiger partial charge in [-0.1, -0.05) is 4.57 Å². The summed E-state index contributed by atoms with van der Waals surface area (Å²) in [5.74, 6) is -0.129. The summed E-state index contributed by atoms with van der Waals surface area (Å²) < 4.78 is 10.3. The maximum Gasteiger partial charge on any atom is 0.356 e. The molecule has 0 aromatic carbocycles. The van der Waals surface area contributed by atoms with Crippen LogP contribution >= 0.6 is 7.80 Å². The van der Waals surface area contributed by atoms with Gasteiger partial charge in [-0.05, 0) is 0 Å². The van der Waals surface area contributed by atoms with Crippen LogP contribution in [0.25, 0.3) is 0 Å². The van der Waals surface area contributed by atoms with Gasteiger partial charge in [-0.3, -0.25) is 4.79 Å². The SMILES string of the molecule is CC(=O)NC[P+](C)=O. The molecule has 0 bridgehead atoms. The van der Waals surface area contributed by atoms with Crippen LogP contribution in [0.3, 0.4) is 0 Å². The second kappa shape index (κ2) is 3.56. The maximum atomic E-state index is 10.3. The summed E-state index contributed by atoms with van der Waals surface area (Å²) in [6.07, 6.45) is 0.296. The van der Waals surface area contributed by atoms with Crippen molar-refractivity contribution in [2.75, 3.05) is 13.0 Å². The van der Waals surface area contributed by atoms with E-state index in [1.807, 2.05) is 0 Å². The number of amides is 1. The molecule has 46 valence electrons. The van der Waals surface area contributed by atoms with E-state index in [9.17, 15) is 9.36 Å². The second-order valence-electron chi connectivity index (χ2n) is 1.52. The van der Waals surface area contributed by atoms with Gasteiger partial charge in [-0.15, -0.1) is 0 Å². The van der Waals surface area contributed by atoms with E-state index in [1.165, 1.54) is 6.92 Å². The third-order valence-electron chi connectivity index (χ3n) is 0.551. The van der Waals surface area contributed by atoms with Gasteiger partial charge in [0.25, 0.3) is 0 Å². The summed E-state index contributed by atoms with van der Waals surface area (Å²) >= 11 is 0. The monoisotopic (exact) mass is 134 g/mol. The quantitative estimate of drug-likeness (QED) is 0.560. The van der Waals surface area contributed by atoms with Gasteiger partial charge < -0.3 is 5.32 Å². The van der Waals surface area contributed by atoms with Crippen LogP contribution in [0.4, 0.5) is 0 Å². The van der Waals surface area contributed by atoms with Crippen LogP contribution in [0.2, 0.25) is 0 Å². The van der Waals surface area contributed by atoms with E-state index in [0.717, 1.165) is 0 Å². The Bertz CT molecular complexity index is 98.6. The van der Waals surface area contributed by atoms with Crippen LogP contribution < -0.4 is 5.32 Å². The smallest absolute Gasteiger partial charge is 0.315 e. The molecule has 0 saturated heterocycles. The first-order valence-electron chi connectivity index (χ1n) is 2.25. The lowest BCUT2D eigenvalue weighted by molar-refractivity contribution is -0.118. The first-order chi connectivity index (χ1) is 3.63. The standard InChI is InChI=1S/C4H8NO2P/c1-4(6)5-3-8(2)7/h3H2,1-2H3/p+1. The molecule has 8 heavy (non-hydrogen) atoms. The van der Waals surface area contributed by atoms with Crippen LogP contribution in [0.15, 0.2) is 0 Å². The number of rotatable bonds is 2. The van der Waals surface area contributed by atoms with Crippen LogP contribution in [-0.4, -0.2) is 18.9 Å². The highest BCUT2D eigenvalue weighted by Crippen LogP contribution is 2.08. The average molecular weight is 134 g/mol. The number of hydrogen-bond donors (Lipinski definition) is 1. The molecule has 0 aliphatic carbocycles. The zero-order chi connectivity index (χ0) is 6.57. The molecular weight excluding hydrogens is 125 g/mol. The van der Waals surface area contributed by atoms with Crippen molar-refractivity contribution >= 4 is 13.7 Å². The highest BCUT2D eigenvalue weighted by atomic mass is 31.1. The normalized spacial score (nSPS) is 10.5. The third-order valence-corrected chi connectivity index (χ3v) is 1.15. The first-order valence-corrected chi connectivity index (χ1v) is 4.15. The molecule has 1 amide bonds. The number of nitrogens with one attached hydrogen (secondary N) is 1. The van der Waals surface area contributed by atoms with Crippen molar-refractivity contribution in [1.82, 2.24) is 5.32 Å². The van der Waals surface area contributed by atoms with E-state index >= 15 is 0 Å². The van der Waals surface area contributed by atoms with Crippen LogP contribution in [0.5, 0.6) is 0 Å². The van der Waals surface area contributed by atoms with Crippen LogP contribution in [0, 0.1) is 0 Å². The first kappa shape index (κ1) is 7.57. The van der Waals surface area contributed by atoms with E-state index < -0.39 is 7.80 Å². The Balaban J connectivity index is 3.18. The van der Waals surface area contributed by atoms with E-state index in [-0.39, 0.29) is 5.91 Å². The fraction of sp³-hybridized carbons (Fsp3) is 0.750. The van der Waals surface area contributed by atoms with E-state index in [0.29, 0.717) is 6.29 Å². The van der Waals surface area contributed by atoms with Crippen LogP contribution in [-0.2, 0) is 9.36 Å². The van der Waals surface area contributed by atoms with Crippen LogP contribution in [0.1, 0.15) is 6.92 Å². The summed E-state index contributed by atoms with van der Waals surface area (Å²) in [6, 6.07) is 0.